The molecule has 5 nitrogen and oxygen atoms in total. The van der Waals surface area contributed by atoms with E-state index in [2.05, 4.69) is 5.32 Å². The minimum absolute atomic E-state index is 0.0488. The number of amides is 2. The molecule has 2 amide bonds. The monoisotopic (exact) mass is 290 g/mol. The van der Waals surface area contributed by atoms with Crippen LogP contribution in [0.2, 0.25) is 0 Å². The highest BCUT2D eigenvalue weighted by Crippen LogP contribution is 2.21. The van der Waals surface area contributed by atoms with Crippen molar-refractivity contribution in [2.45, 2.75) is 32.8 Å². The second-order valence-corrected chi connectivity index (χ2v) is 6.27. The van der Waals surface area contributed by atoms with Crippen molar-refractivity contribution >= 4 is 17.7 Å². The van der Waals surface area contributed by atoms with Crippen molar-refractivity contribution in [2.24, 2.45) is 5.92 Å². The molecule has 1 aliphatic heterocycles. The third-order valence-corrected chi connectivity index (χ3v) is 3.25. The van der Waals surface area contributed by atoms with E-state index in [1.807, 2.05) is 51.1 Å². The van der Waals surface area contributed by atoms with E-state index in [1.54, 1.807) is 4.90 Å². The third-order valence-electron chi connectivity index (χ3n) is 3.25. The summed E-state index contributed by atoms with van der Waals surface area (Å²) >= 11 is 0. The first-order valence-electron chi connectivity index (χ1n) is 7.19. The number of carbonyl (C=O) groups is 2. The van der Waals surface area contributed by atoms with Crippen molar-refractivity contribution in [3.8, 4) is 0 Å². The summed E-state index contributed by atoms with van der Waals surface area (Å²) in [5.74, 6) is -0.231. The molecule has 0 bridgehead atoms. The number of benzene rings is 1. The number of carbonyl (C=O) groups excluding carboxylic acids is 2. The highest BCUT2D eigenvalue weighted by atomic mass is 16.6. The average molecular weight is 290 g/mol. The quantitative estimate of drug-likeness (QED) is 0.911. The van der Waals surface area contributed by atoms with Crippen LogP contribution in [0, 0.1) is 5.92 Å². The number of likely N-dealkylation sites (tertiary alicyclic amines) is 1. The van der Waals surface area contributed by atoms with E-state index in [0.29, 0.717) is 19.5 Å². The molecule has 0 saturated carbocycles. The topological polar surface area (TPSA) is 58.6 Å². The minimum atomic E-state index is -0.512. The Morgan fingerprint density at radius 1 is 1.24 bits per heavy atom. The molecule has 0 unspecified atom stereocenters. The van der Waals surface area contributed by atoms with E-state index >= 15 is 0 Å². The number of nitrogens with zero attached hydrogens (tertiary/aromatic N) is 1. The smallest absolute Gasteiger partial charge is 0.410 e. The fourth-order valence-corrected chi connectivity index (χ4v) is 2.23. The van der Waals surface area contributed by atoms with E-state index in [4.69, 9.17) is 4.74 Å². The zero-order chi connectivity index (χ0) is 15.5. The summed E-state index contributed by atoms with van der Waals surface area (Å²) in [6, 6.07) is 9.33. The van der Waals surface area contributed by atoms with Crippen LogP contribution in [0.3, 0.4) is 0 Å². The standard InChI is InChI=1S/C16H22N2O3/c1-16(2,3)21-15(20)18-10-9-12(11-18)14(19)17-13-7-5-4-6-8-13/h4-8,12H,9-11H2,1-3H3,(H,17,19)/t12-/m0/s1. The molecule has 1 heterocycles. The molecule has 0 aromatic heterocycles. The van der Waals surface area contributed by atoms with E-state index < -0.39 is 5.60 Å². The molecule has 2 rings (SSSR count). The van der Waals surface area contributed by atoms with Crippen molar-refractivity contribution < 1.29 is 14.3 Å². The number of ether oxygens (including phenoxy) is 1. The number of anilines is 1. The lowest BCUT2D eigenvalue weighted by molar-refractivity contribution is -0.119. The summed E-state index contributed by atoms with van der Waals surface area (Å²) in [4.78, 5) is 25.7. The lowest BCUT2D eigenvalue weighted by Crippen LogP contribution is -2.36. The molecule has 1 saturated heterocycles. The molecule has 5 heteroatoms. The summed E-state index contributed by atoms with van der Waals surface area (Å²) in [5, 5.41) is 2.87. The van der Waals surface area contributed by atoms with Gasteiger partial charge in [-0.3, -0.25) is 4.79 Å². The molecule has 0 radical (unpaired) electrons. The van der Waals surface area contributed by atoms with Crippen LogP contribution in [-0.2, 0) is 9.53 Å². The summed E-state index contributed by atoms with van der Waals surface area (Å²) in [7, 11) is 0. The predicted octanol–water partition coefficient (Wildman–Crippen LogP) is 2.88. The van der Waals surface area contributed by atoms with Gasteiger partial charge in [-0.1, -0.05) is 18.2 Å². The molecule has 1 aromatic rings. The minimum Gasteiger partial charge on any atom is -0.444 e. The van der Waals surface area contributed by atoms with Crippen LogP contribution in [0.15, 0.2) is 30.3 Å². The van der Waals surface area contributed by atoms with Crippen LogP contribution in [0.5, 0.6) is 0 Å². The number of rotatable bonds is 2. The maximum Gasteiger partial charge on any atom is 0.410 e. The van der Waals surface area contributed by atoms with Gasteiger partial charge in [0.05, 0.1) is 5.92 Å². The van der Waals surface area contributed by atoms with Gasteiger partial charge in [-0.25, -0.2) is 4.79 Å². The summed E-state index contributed by atoms with van der Waals surface area (Å²) in [6.07, 6.45) is 0.315. The number of para-hydroxylation sites is 1. The van der Waals surface area contributed by atoms with Crippen LogP contribution in [-0.4, -0.2) is 35.6 Å². The first kappa shape index (κ1) is 15.4. The molecule has 0 aliphatic carbocycles. The molecule has 1 fully saturated rings. The highest BCUT2D eigenvalue weighted by Gasteiger charge is 2.33. The Labute approximate surface area is 125 Å². The molecule has 1 aromatic carbocycles. The highest BCUT2D eigenvalue weighted by molar-refractivity contribution is 5.93. The fourth-order valence-electron chi connectivity index (χ4n) is 2.23. The average Bonchev–Trinajstić information content (AvgIpc) is 2.87. The lowest BCUT2D eigenvalue weighted by Gasteiger charge is -2.24. The van der Waals surface area contributed by atoms with Crippen molar-refractivity contribution in [3.05, 3.63) is 30.3 Å². The van der Waals surface area contributed by atoms with Gasteiger partial charge in [-0.15, -0.1) is 0 Å². The molecule has 1 atom stereocenters. The molecule has 114 valence electrons. The number of nitrogens with one attached hydrogen (secondary N) is 1. The van der Waals surface area contributed by atoms with Gasteiger partial charge in [0, 0.05) is 18.8 Å². The second kappa shape index (κ2) is 6.16. The van der Waals surface area contributed by atoms with Gasteiger partial charge >= 0.3 is 6.09 Å². The number of hydrogen-bond acceptors (Lipinski definition) is 3. The normalized spacial score (nSPS) is 18.4. The van der Waals surface area contributed by atoms with Crippen LogP contribution in [0.4, 0.5) is 10.5 Å². The van der Waals surface area contributed by atoms with E-state index in [0.717, 1.165) is 5.69 Å². The second-order valence-electron chi connectivity index (χ2n) is 6.27. The zero-order valence-electron chi connectivity index (χ0n) is 12.8. The Hall–Kier alpha value is -2.04. The van der Waals surface area contributed by atoms with Gasteiger partial charge in [-0.2, -0.15) is 0 Å². The van der Waals surface area contributed by atoms with Crippen LogP contribution in [0.25, 0.3) is 0 Å². The predicted molar refractivity (Wildman–Crippen MR) is 81.0 cm³/mol. The third kappa shape index (κ3) is 4.48. The molecular weight excluding hydrogens is 268 g/mol. The maximum atomic E-state index is 12.2. The molecule has 1 aliphatic rings. The van der Waals surface area contributed by atoms with Gasteiger partial charge < -0.3 is 15.0 Å². The fraction of sp³-hybridized carbons (Fsp3) is 0.500. The Bertz CT molecular complexity index is 508. The summed E-state index contributed by atoms with van der Waals surface area (Å²) < 4.78 is 5.32. The first-order valence-corrected chi connectivity index (χ1v) is 7.19. The van der Waals surface area contributed by atoms with Gasteiger partial charge in [0.15, 0.2) is 0 Å². The van der Waals surface area contributed by atoms with Crippen molar-refractivity contribution in [1.29, 1.82) is 0 Å². The van der Waals surface area contributed by atoms with Crippen molar-refractivity contribution in [2.75, 3.05) is 18.4 Å². The van der Waals surface area contributed by atoms with E-state index in [-0.39, 0.29) is 17.9 Å². The van der Waals surface area contributed by atoms with Crippen LogP contribution in [0.1, 0.15) is 27.2 Å². The van der Waals surface area contributed by atoms with Gasteiger partial charge in [-0.05, 0) is 39.3 Å². The van der Waals surface area contributed by atoms with Gasteiger partial charge in [0.1, 0.15) is 5.60 Å². The Kier molecular flexibility index (Phi) is 4.50. The maximum absolute atomic E-state index is 12.2. The van der Waals surface area contributed by atoms with E-state index in [9.17, 15) is 9.59 Å². The molecule has 21 heavy (non-hydrogen) atoms. The molecule has 0 spiro atoms. The van der Waals surface area contributed by atoms with Gasteiger partial charge in [0.25, 0.3) is 0 Å². The van der Waals surface area contributed by atoms with Crippen molar-refractivity contribution in [3.63, 3.8) is 0 Å². The first-order chi connectivity index (χ1) is 9.85. The summed E-state index contributed by atoms with van der Waals surface area (Å²) in [5.41, 5.74) is 0.264. The SMILES string of the molecule is CC(C)(C)OC(=O)N1CC[C@H](C(=O)Nc2ccccc2)C1. The van der Waals surface area contributed by atoms with Gasteiger partial charge in [0.2, 0.25) is 5.91 Å². The zero-order valence-corrected chi connectivity index (χ0v) is 12.8. The lowest BCUT2D eigenvalue weighted by atomic mass is 10.1. The van der Waals surface area contributed by atoms with Crippen LogP contribution < -0.4 is 5.32 Å². The van der Waals surface area contributed by atoms with E-state index in [1.165, 1.54) is 0 Å². The molecular formula is C16H22N2O3. The molecule has 1 N–H and O–H groups in total. The Balaban J connectivity index is 1.87. The van der Waals surface area contributed by atoms with Crippen LogP contribution >= 0.6 is 0 Å². The summed E-state index contributed by atoms with van der Waals surface area (Å²) in [6.45, 7) is 6.47. The Morgan fingerprint density at radius 3 is 2.52 bits per heavy atom. The number of hydrogen-bond donors (Lipinski definition) is 1. The van der Waals surface area contributed by atoms with Crippen molar-refractivity contribution in [1.82, 2.24) is 4.90 Å². The Morgan fingerprint density at radius 2 is 1.90 bits per heavy atom. The largest absolute Gasteiger partial charge is 0.444 e.